The van der Waals surface area contributed by atoms with Crippen LogP contribution in [0.4, 0.5) is 0 Å². The van der Waals surface area contributed by atoms with Crippen molar-refractivity contribution in [1.29, 1.82) is 0 Å². The molecule has 1 aromatic carbocycles. The van der Waals surface area contributed by atoms with E-state index in [1.54, 1.807) is 16.6 Å². The zero-order valence-corrected chi connectivity index (χ0v) is 14.7. The summed E-state index contributed by atoms with van der Waals surface area (Å²) in [4.78, 5) is 0.423. The zero-order chi connectivity index (χ0) is 16.6. The molecule has 0 spiro atoms. The smallest absolute Gasteiger partial charge is 0.243 e. The Morgan fingerprint density at radius 2 is 2.04 bits per heavy atom. The molecule has 1 aliphatic rings. The van der Waals surface area contributed by atoms with Crippen molar-refractivity contribution < 1.29 is 8.42 Å². The first kappa shape index (κ1) is 16.2. The van der Waals surface area contributed by atoms with Gasteiger partial charge in [-0.05, 0) is 56.9 Å². The second kappa shape index (κ2) is 6.09. The lowest BCUT2D eigenvalue weighted by Gasteiger charge is -2.25. The minimum absolute atomic E-state index is 0.123. The predicted octanol–water partition coefficient (Wildman–Crippen LogP) is 3.05. The summed E-state index contributed by atoms with van der Waals surface area (Å²) in [5, 5.41) is 4.30. The number of sulfonamides is 1. The third-order valence-electron chi connectivity index (χ3n) is 4.52. The van der Waals surface area contributed by atoms with Crippen LogP contribution in [0.15, 0.2) is 35.4 Å². The molecule has 2 aromatic rings. The van der Waals surface area contributed by atoms with Crippen LogP contribution in [0, 0.1) is 13.8 Å². The van der Waals surface area contributed by atoms with Crippen molar-refractivity contribution in [3.8, 4) is 0 Å². The fourth-order valence-electron chi connectivity index (χ4n) is 3.33. The van der Waals surface area contributed by atoms with Crippen molar-refractivity contribution in [3.05, 3.63) is 47.3 Å². The zero-order valence-electron chi connectivity index (χ0n) is 13.9. The fourth-order valence-corrected chi connectivity index (χ4v) is 5.31. The third kappa shape index (κ3) is 2.81. The molecule has 0 amide bonds. The van der Waals surface area contributed by atoms with Gasteiger partial charge in [-0.2, -0.15) is 9.40 Å². The summed E-state index contributed by atoms with van der Waals surface area (Å²) in [6.45, 7) is 7.11. The van der Waals surface area contributed by atoms with Gasteiger partial charge >= 0.3 is 0 Å². The van der Waals surface area contributed by atoms with Gasteiger partial charge in [0.05, 0.1) is 16.6 Å². The summed E-state index contributed by atoms with van der Waals surface area (Å²) in [6.07, 6.45) is 3.47. The van der Waals surface area contributed by atoms with Crippen molar-refractivity contribution in [2.75, 3.05) is 6.54 Å². The standard InChI is InChI=1S/C17H23N3O2S/c1-4-19-15(9-10-18-19)16-6-5-11-20(16)23(21,22)17-12-13(2)7-8-14(17)3/h7-10,12,16H,4-6,11H2,1-3H3/t16-/m0/s1. The van der Waals surface area contributed by atoms with Crippen LogP contribution in [0.5, 0.6) is 0 Å². The Balaban J connectivity index is 2.03. The quantitative estimate of drug-likeness (QED) is 0.864. The highest BCUT2D eigenvalue weighted by atomic mass is 32.2. The van der Waals surface area contributed by atoms with Gasteiger partial charge in [-0.25, -0.2) is 8.42 Å². The minimum atomic E-state index is -3.50. The van der Waals surface area contributed by atoms with Gasteiger partial charge in [0.15, 0.2) is 0 Å². The highest BCUT2D eigenvalue weighted by Gasteiger charge is 2.38. The van der Waals surface area contributed by atoms with Crippen molar-refractivity contribution in [3.63, 3.8) is 0 Å². The van der Waals surface area contributed by atoms with Gasteiger partial charge in [0.2, 0.25) is 10.0 Å². The largest absolute Gasteiger partial charge is 0.268 e. The molecule has 0 aliphatic carbocycles. The number of aromatic nitrogens is 2. The van der Waals surface area contributed by atoms with Crippen molar-refractivity contribution in [1.82, 2.24) is 14.1 Å². The molecule has 5 nitrogen and oxygen atoms in total. The highest BCUT2D eigenvalue weighted by molar-refractivity contribution is 7.89. The molecule has 1 saturated heterocycles. The number of rotatable bonds is 4. The fraction of sp³-hybridized carbons (Fsp3) is 0.471. The molecule has 1 aliphatic heterocycles. The van der Waals surface area contributed by atoms with Crippen LogP contribution < -0.4 is 0 Å². The molecule has 1 fully saturated rings. The number of benzene rings is 1. The Hall–Kier alpha value is -1.66. The van der Waals surface area contributed by atoms with Crippen molar-refractivity contribution >= 4 is 10.0 Å². The average molecular weight is 333 g/mol. The van der Waals surface area contributed by atoms with E-state index >= 15 is 0 Å². The lowest BCUT2D eigenvalue weighted by molar-refractivity contribution is 0.375. The molecule has 0 saturated carbocycles. The van der Waals surface area contributed by atoms with Gasteiger partial charge in [0.1, 0.15) is 0 Å². The van der Waals surface area contributed by atoms with E-state index in [0.717, 1.165) is 36.2 Å². The molecule has 3 rings (SSSR count). The molecule has 0 bridgehead atoms. The maximum Gasteiger partial charge on any atom is 0.243 e. The molecule has 23 heavy (non-hydrogen) atoms. The Kier molecular flexibility index (Phi) is 4.29. The molecule has 2 heterocycles. The van der Waals surface area contributed by atoms with Crippen molar-refractivity contribution in [2.24, 2.45) is 0 Å². The van der Waals surface area contributed by atoms with Gasteiger partial charge in [0.25, 0.3) is 0 Å². The van der Waals surface area contributed by atoms with Gasteiger partial charge in [-0.15, -0.1) is 0 Å². The molecule has 1 aromatic heterocycles. The van der Waals surface area contributed by atoms with Gasteiger partial charge < -0.3 is 0 Å². The molecule has 1 atom stereocenters. The summed E-state index contributed by atoms with van der Waals surface area (Å²) in [5.41, 5.74) is 2.74. The van der Waals surface area contributed by atoms with Crippen LogP contribution in [-0.2, 0) is 16.6 Å². The summed E-state index contributed by atoms with van der Waals surface area (Å²) in [7, 11) is -3.50. The third-order valence-corrected chi connectivity index (χ3v) is 6.57. The van der Waals surface area contributed by atoms with E-state index in [-0.39, 0.29) is 6.04 Å². The predicted molar refractivity (Wildman–Crippen MR) is 89.7 cm³/mol. The van der Waals surface area contributed by atoms with Crippen LogP contribution in [-0.4, -0.2) is 29.0 Å². The van der Waals surface area contributed by atoms with Crippen LogP contribution in [0.2, 0.25) is 0 Å². The summed E-state index contributed by atoms with van der Waals surface area (Å²) < 4.78 is 30.0. The number of aryl methyl sites for hydroxylation is 3. The van der Waals surface area contributed by atoms with E-state index in [0.29, 0.717) is 11.4 Å². The lowest BCUT2D eigenvalue weighted by Crippen LogP contribution is -2.32. The SMILES string of the molecule is CCn1nccc1[C@@H]1CCCN1S(=O)(=O)c1cc(C)ccc1C. The second-order valence-corrected chi connectivity index (χ2v) is 7.97. The van der Waals surface area contributed by atoms with Crippen molar-refractivity contribution in [2.45, 2.75) is 51.1 Å². The molecule has 0 unspecified atom stereocenters. The van der Waals surface area contributed by atoms with Gasteiger partial charge in [0, 0.05) is 19.3 Å². The van der Waals surface area contributed by atoms with Crippen LogP contribution in [0.1, 0.15) is 42.6 Å². The number of nitrogens with zero attached hydrogens (tertiary/aromatic N) is 3. The normalized spacial score (nSPS) is 19.3. The van der Waals surface area contributed by atoms with Gasteiger partial charge in [-0.1, -0.05) is 12.1 Å². The summed E-state index contributed by atoms with van der Waals surface area (Å²) >= 11 is 0. The number of hydrogen-bond acceptors (Lipinski definition) is 3. The van der Waals surface area contributed by atoms with E-state index in [4.69, 9.17) is 0 Å². The molecular formula is C17H23N3O2S. The monoisotopic (exact) mass is 333 g/mol. The molecular weight excluding hydrogens is 310 g/mol. The topological polar surface area (TPSA) is 55.2 Å². The molecule has 0 N–H and O–H groups in total. The van der Waals surface area contributed by atoms with Crippen LogP contribution >= 0.6 is 0 Å². The first-order chi connectivity index (χ1) is 10.9. The van der Waals surface area contributed by atoms with E-state index in [2.05, 4.69) is 5.10 Å². The summed E-state index contributed by atoms with van der Waals surface area (Å²) in [6, 6.07) is 7.41. The Morgan fingerprint density at radius 1 is 1.26 bits per heavy atom. The Bertz CT molecular complexity index is 811. The van der Waals surface area contributed by atoms with Crippen LogP contribution in [0.25, 0.3) is 0 Å². The Morgan fingerprint density at radius 3 is 2.78 bits per heavy atom. The minimum Gasteiger partial charge on any atom is -0.268 e. The maximum atomic E-state index is 13.2. The molecule has 0 radical (unpaired) electrons. The van der Waals surface area contributed by atoms with Gasteiger partial charge in [-0.3, -0.25) is 4.68 Å². The maximum absolute atomic E-state index is 13.2. The first-order valence-corrected chi connectivity index (χ1v) is 9.50. The first-order valence-electron chi connectivity index (χ1n) is 8.06. The Labute approximate surface area is 138 Å². The lowest BCUT2D eigenvalue weighted by atomic mass is 10.1. The average Bonchev–Trinajstić information content (AvgIpc) is 3.16. The number of hydrogen-bond donors (Lipinski definition) is 0. The van der Waals surface area contributed by atoms with E-state index in [1.807, 2.05) is 43.7 Å². The van der Waals surface area contributed by atoms with E-state index < -0.39 is 10.0 Å². The molecule has 6 heteroatoms. The van der Waals surface area contributed by atoms with Crippen LogP contribution in [0.3, 0.4) is 0 Å². The van der Waals surface area contributed by atoms with E-state index in [9.17, 15) is 8.42 Å². The molecule has 124 valence electrons. The highest BCUT2D eigenvalue weighted by Crippen LogP contribution is 2.37. The summed E-state index contributed by atoms with van der Waals surface area (Å²) in [5.74, 6) is 0. The van der Waals surface area contributed by atoms with E-state index in [1.165, 1.54) is 0 Å². The second-order valence-electron chi connectivity index (χ2n) is 6.11.